The number of hydrogen-bond donors (Lipinski definition) is 1. The van der Waals surface area contributed by atoms with Gasteiger partial charge in [0.15, 0.2) is 0 Å². The molecule has 1 atom stereocenters. The van der Waals surface area contributed by atoms with E-state index in [0.29, 0.717) is 11.9 Å². The second-order valence-electron chi connectivity index (χ2n) is 4.01. The predicted molar refractivity (Wildman–Crippen MR) is 62.1 cm³/mol. The van der Waals surface area contributed by atoms with Gasteiger partial charge in [0.1, 0.15) is 5.82 Å². The third-order valence-electron chi connectivity index (χ3n) is 3.09. The van der Waals surface area contributed by atoms with Gasteiger partial charge in [-0.05, 0) is 18.6 Å². The SMILES string of the molecule is N=CC1CCn2c1nc1ccccc1c2=O. The van der Waals surface area contributed by atoms with Crippen molar-refractivity contribution in [3.05, 3.63) is 40.4 Å². The first-order chi connectivity index (χ1) is 7.81. The number of hydrogen-bond acceptors (Lipinski definition) is 3. The van der Waals surface area contributed by atoms with E-state index in [2.05, 4.69) is 4.98 Å². The Labute approximate surface area is 92.1 Å². The van der Waals surface area contributed by atoms with Crippen LogP contribution in [0.4, 0.5) is 0 Å². The minimum absolute atomic E-state index is 0.00249. The van der Waals surface area contributed by atoms with Crippen molar-refractivity contribution in [3.8, 4) is 0 Å². The molecule has 1 aliphatic heterocycles. The topological polar surface area (TPSA) is 58.7 Å². The molecule has 1 aromatic carbocycles. The molecule has 3 rings (SSSR count). The summed E-state index contributed by atoms with van der Waals surface area (Å²) in [6.45, 7) is 0.673. The van der Waals surface area contributed by atoms with Gasteiger partial charge in [0.2, 0.25) is 0 Å². The molecule has 2 aromatic rings. The summed E-state index contributed by atoms with van der Waals surface area (Å²) in [6, 6.07) is 7.37. The zero-order chi connectivity index (χ0) is 11.1. The average Bonchev–Trinajstić information content (AvgIpc) is 2.72. The maximum absolute atomic E-state index is 12.1. The van der Waals surface area contributed by atoms with Crippen molar-refractivity contribution in [2.45, 2.75) is 18.9 Å². The Morgan fingerprint density at radius 3 is 3.06 bits per heavy atom. The number of fused-ring (bicyclic) bond motifs is 2. The summed E-state index contributed by atoms with van der Waals surface area (Å²) >= 11 is 0. The second-order valence-corrected chi connectivity index (χ2v) is 4.01. The molecule has 1 unspecified atom stereocenters. The summed E-state index contributed by atoms with van der Waals surface area (Å²) in [6.07, 6.45) is 2.18. The van der Waals surface area contributed by atoms with Crippen molar-refractivity contribution >= 4 is 17.1 Å². The summed E-state index contributed by atoms with van der Waals surface area (Å²) < 4.78 is 1.69. The lowest BCUT2D eigenvalue weighted by molar-refractivity contribution is 0.716. The molecular formula is C12H11N3O. The van der Waals surface area contributed by atoms with Crippen molar-refractivity contribution in [2.75, 3.05) is 0 Å². The summed E-state index contributed by atoms with van der Waals surface area (Å²) in [5.74, 6) is 0.732. The zero-order valence-electron chi connectivity index (χ0n) is 8.68. The molecule has 0 spiro atoms. The molecule has 0 radical (unpaired) electrons. The van der Waals surface area contributed by atoms with E-state index in [-0.39, 0.29) is 11.5 Å². The summed E-state index contributed by atoms with van der Waals surface area (Å²) in [4.78, 5) is 16.6. The lowest BCUT2D eigenvalue weighted by Gasteiger charge is -2.06. The van der Waals surface area contributed by atoms with Crippen LogP contribution in [0, 0.1) is 5.41 Å². The molecule has 1 aromatic heterocycles. The lowest BCUT2D eigenvalue weighted by atomic mass is 10.1. The molecule has 0 amide bonds. The number of benzene rings is 1. The van der Waals surface area contributed by atoms with Gasteiger partial charge < -0.3 is 5.41 Å². The van der Waals surface area contributed by atoms with Crippen LogP contribution in [-0.4, -0.2) is 15.8 Å². The van der Waals surface area contributed by atoms with Gasteiger partial charge in [0.05, 0.1) is 16.8 Å². The van der Waals surface area contributed by atoms with Crippen LogP contribution in [0.5, 0.6) is 0 Å². The van der Waals surface area contributed by atoms with Crippen LogP contribution in [0.25, 0.3) is 10.9 Å². The Morgan fingerprint density at radius 2 is 2.25 bits per heavy atom. The zero-order valence-corrected chi connectivity index (χ0v) is 8.68. The molecule has 0 fully saturated rings. The van der Waals surface area contributed by atoms with Crippen LogP contribution in [0.2, 0.25) is 0 Å². The highest BCUT2D eigenvalue weighted by molar-refractivity contribution is 5.78. The smallest absolute Gasteiger partial charge is 0.261 e. The van der Waals surface area contributed by atoms with Crippen LogP contribution < -0.4 is 5.56 Å². The Hall–Kier alpha value is -1.97. The Morgan fingerprint density at radius 1 is 1.44 bits per heavy atom. The monoisotopic (exact) mass is 213 g/mol. The fourth-order valence-corrected chi connectivity index (χ4v) is 2.24. The molecule has 80 valence electrons. The van der Waals surface area contributed by atoms with Crippen LogP contribution >= 0.6 is 0 Å². The average molecular weight is 213 g/mol. The molecule has 2 heterocycles. The lowest BCUT2D eigenvalue weighted by Crippen LogP contribution is -2.21. The minimum atomic E-state index is -0.00249. The van der Waals surface area contributed by atoms with E-state index in [0.717, 1.165) is 17.8 Å². The molecule has 1 N–H and O–H groups in total. The van der Waals surface area contributed by atoms with Gasteiger partial charge in [-0.2, -0.15) is 0 Å². The highest BCUT2D eigenvalue weighted by Crippen LogP contribution is 2.23. The summed E-state index contributed by atoms with van der Waals surface area (Å²) in [5, 5.41) is 7.99. The van der Waals surface area contributed by atoms with Crippen molar-refractivity contribution in [2.24, 2.45) is 0 Å². The molecule has 4 nitrogen and oxygen atoms in total. The molecule has 0 aliphatic carbocycles. The van der Waals surface area contributed by atoms with Crippen LogP contribution in [0.3, 0.4) is 0 Å². The minimum Gasteiger partial charge on any atom is -0.312 e. The molecule has 0 saturated heterocycles. The first kappa shape index (κ1) is 9.27. The van der Waals surface area contributed by atoms with Gasteiger partial charge in [0, 0.05) is 12.8 Å². The molecule has 1 aliphatic rings. The number of nitrogens with one attached hydrogen (secondary N) is 1. The van der Waals surface area contributed by atoms with Gasteiger partial charge in [-0.3, -0.25) is 9.36 Å². The maximum Gasteiger partial charge on any atom is 0.261 e. The normalized spacial score (nSPS) is 18.6. The van der Waals surface area contributed by atoms with Gasteiger partial charge in [0.25, 0.3) is 5.56 Å². The van der Waals surface area contributed by atoms with Crippen LogP contribution in [0.15, 0.2) is 29.1 Å². The van der Waals surface area contributed by atoms with E-state index in [1.165, 1.54) is 6.21 Å². The Bertz CT molecular complexity index is 630. The van der Waals surface area contributed by atoms with Gasteiger partial charge in [-0.25, -0.2) is 4.98 Å². The third-order valence-corrected chi connectivity index (χ3v) is 3.09. The van der Waals surface area contributed by atoms with E-state index >= 15 is 0 Å². The van der Waals surface area contributed by atoms with E-state index in [9.17, 15) is 4.79 Å². The van der Waals surface area contributed by atoms with E-state index < -0.39 is 0 Å². The number of nitrogens with zero attached hydrogens (tertiary/aromatic N) is 2. The van der Waals surface area contributed by atoms with E-state index in [1.54, 1.807) is 10.6 Å². The molecule has 0 bridgehead atoms. The molecular weight excluding hydrogens is 202 g/mol. The quantitative estimate of drug-likeness (QED) is 0.730. The largest absolute Gasteiger partial charge is 0.312 e. The molecule has 4 heteroatoms. The number of para-hydroxylation sites is 1. The highest BCUT2D eigenvalue weighted by atomic mass is 16.1. The number of aromatic nitrogens is 2. The fraction of sp³-hybridized carbons (Fsp3) is 0.250. The molecule has 0 saturated carbocycles. The number of rotatable bonds is 1. The van der Waals surface area contributed by atoms with Gasteiger partial charge >= 0.3 is 0 Å². The van der Waals surface area contributed by atoms with Crippen molar-refractivity contribution in [1.29, 1.82) is 5.41 Å². The van der Waals surface area contributed by atoms with Crippen molar-refractivity contribution in [1.82, 2.24) is 9.55 Å². The van der Waals surface area contributed by atoms with Gasteiger partial charge in [-0.15, -0.1) is 0 Å². The summed E-state index contributed by atoms with van der Waals surface area (Å²) in [5.41, 5.74) is 0.748. The fourth-order valence-electron chi connectivity index (χ4n) is 2.24. The Kier molecular flexibility index (Phi) is 1.89. The summed E-state index contributed by atoms with van der Waals surface area (Å²) in [7, 11) is 0. The highest BCUT2D eigenvalue weighted by Gasteiger charge is 2.24. The standard InChI is InChI=1S/C12H11N3O/c13-7-8-5-6-15-11(8)14-10-4-2-1-3-9(10)12(15)16/h1-4,7-8,13H,5-6H2. The van der Waals surface area contributed by atoms with Gasteiger partial charge in [-0.1, -0.05) is 12.1 Å². The predicted octanol–water partition coefficient (Wildman–Crippen LogP) is 1.53. The Balaban J connectivity index is 2.40. The van der Waals surface area contributed by atoms with E-state index in [4.69, 9.17) is 5.41 Å². The molecule has 16 heavy (non-hydrogen) atoms. The second kappa shape index (κ2) is 3.27. The first-order valence-electron chi connectivity index (χ1n) is 5.31. The van der Waals surface area contributed by atoms with Crippen molar-refractivity contribution in [3.63, 3.8) is 0 Å². The maximum atomic E-state index is 12.1. The van der Waals surface area contributed by atoms with E-state index in [1.807, 2.05) is 18.2 Å². The van der Waals surface area contributed by atoms with Crippen molar-refractivity contribution < 1.29 is 0 Å². The first-order valence-corrected chi connectivity index (χ1v) is 5.31. The third kappa shape index (κ3) is 1.13. The van der Waals surface area contributed by atoms with Crippen LogP contribution in [-0.2, 0) is 6.54 Å². The van der Waals surface area contributed by atoms with Crippen LogP contribution in [0.1, 0.15) is 18.2 Å².